The molecule has 0 saturated heterocycles. The maximum atomic E-state index is 11.9. The minimum atomic E-state index is -0.435. The van der Waals surface area contributed by atoms with Crippen molar-refractivity contribution in [3.05, 3.63) is 23.8 Å². The summed E-state index contributed by atoms with van der Waals surface area (Å²) in [6.07, 6.45) is 1.99. The predicted octanol–water partition coefficient (Wildman–Crippen LogP) is 2.28. The molecule has 1 atom stereocenters. The Morgan fingerprint density at radius 2 is 2.25 bits per heavy atom. The van der Waals surface area contributed by atoms with Crippen LogP contribution in [0.1, 0.15) is 32.3 Å². The second-order valence-corrected chi connectivity index (χ2v) is 4.51. The van der Waals surface area contributed by atoms with E-state index in [4.69, 9.17) is 10.00 Å². The summed E-state index contributed by atoms with van der Waals surface area (Å²) in [6, 6.07) is 6.84. The van der Waals surface area contributed by atoms with E-state index in [1.165, 1.54) is 7.11 Å². The minimum absolute atomic E-state index is 0.0896. The van der Waals surface area contributed by atoms with Gasteiger partial charge in [0, 0.05) is 6.54 Å². The van der Waals surface area contributed by atoms with Gasteiger partial charge in [0.1, 0.15) is 17.9 Å². The molecule has 0 radical (unpaired) electrons. The summed E-state index contributed by atoms with van der Waals surface area (Å²) in [6.45, 7) is 4.50. The molecule has 0 aromatic heterocycles. The van der Waals surface area contributed by atoms with E-state index in [-0.39, 0.29) is 5.91 Å². The molecular weight excluding hydrogens is 254 g/mol. The Morgan fingerprint density at radius 1 is 1.50 bits per heavy atom. The van der Waals surface area contributed by atoms with E-state index in [1.54, 1.807) is 25.1 Å². The molecule has 1 aromatic rings. The van der Waals surface area contributed by atoms with Crippen LogP contribution in [0, 0.1) is 11.3 Å². The van der Waals surface area contributed by atoms with Gasteiger partial charge in [-0.25, -0.2) is 0 Å². The van der Waals surface area contributed by atoms with E-state index in [0.29, 0.717) is 23.5 Å². The zero-order valence-corrected chi connectivity index (χ0v) is 12.2. The number of rotatable bonds is 7. The van der Waals surface area contributed by atoms with Crippen LogP contribution in [0.3, 0.4) is 0 Å². The van der Waals surface area contributed by atoms with Gasteiger partial charge in [0.2, 0.25) is 5.91 Å². The molecule has 0 heterocycles. The van der Waals surface area contributed by atoms with E-state index in [1.807, 2.05) is 0 Å². The summed E-state index contributed by atoms with van der Waals surface area (Å²) < 4.78 is 5.22. The van der Waals surface area contributed by atoms with Gasteiger partial charge in [-0.2, -0.15) is 5.26 Å². The van der Waals surface area contributed by atoms with E-state index < -0.39 is 6.04 Å². The predicted molar refractivity (Wildman–Crippen MR) is 78.7 cm³/mol. The van der Waals surface area contributed by atoms with Crippen molar-refractivity contribution in [2.24, 2.45) is 0 Å². The number of carbonyl (C=O) groups is 1. The first-order chi connectivity index (χ1) is 9.63. The zero-order chi connectivity index (χ0) is 15.0. The Bertz CT molecular complexity index is 494. The van der Waals surface area contributed by atoms with Gasteiger partial charge >= 0.3 is 0 Å². The quantitative estimate of drug-likeness (QED) is 0.749. The lowest BCUT2D eigenvalue weighted by atomic mass is 10.1. The van der Waals surface area contributed by atoms with Gasteiger partial charge in [0.05, 0.1) is 18.4 Å². The SMILES string of the molecule is CCCCNC(=O)C(C)Nc1c(C#N)cccc1OC. The molecule has 0 saturated carbocycles. The molecule has 1 unspecified atom stereocenters. The highest BCUT2D eigenvalue weighted by Gasteiger charge is 2.16. The molecule has 0 spiro atoms. The van der Waals surface area contributed by atoms with Gasteiger partial charge < -0.3 is 15.4 Å². The van der Waals surface area contributed by atoms with E-state index >= 15 is 0 Å². The molecule has 1 rings (SSSR count). The number of nitrogens with one attached hydrogen (secondary N) is 2. The summed E-state index contributed by atoms with van der Waals surface area (Å²) in [5.41, 5.74) is 1.01. The van der Waals surface area contributed by atoms with Gasteiger partial charge in [-0.1, -0.05) is 19.4 Å². The Labute approximate surface area is 119 Å². The Morgan fingerprint density at radius 3 is 2.85 bits per heavy atom. The van der Waals surface area contributed by atoms with Crippen molar-refractivity contribution in [3.8, 4) is 11.8 Å². The van der Waals surface area contributed by atoms with Crippen LogP contribution in [0.2, 0.25) is 0 Å². The molecule has 1 amide bonds. The maximum Gasteiger partial charge on any atom is 0.242 e. The molecular formula is C15H21N3O2. The number of benzene rings is 1. The van der Waals surface area contributed by atoms with Crippen LogP contribution in [0.25, 0.3) is 0 Å². The first-order valence-electron chi connectivity index (χ1n) is 6.75. The highest BCUT2D eigenvalue weighted by atomic mass is 16.5. The zero-order valence-electron chi connectivity index (χ0n) is 12.2. The number of ether oxygens (including phenoxy) is 1. The topological polar surface area (TPSA) is 74.2 Å². The average molecular weight is 275 g/mol. The molecule has 5 heteroatoms. The van der Waals surface area contributed by atoms with Crippen LogP contribution in [-0.4, -0.2) is 25.6 Å². The van der Waals surface area contributed by atoms with Crippen molar-refractivity contribution >= 4 is 11.6 Å². The van der Waals surface area contributed by atoms with Gasteiger partial charge in [-0.3, -0.25) is 4.79 Å². The number of hydrogen-bond acceptors (Lipinski definition) is 4. The summed E-state index contributed by atoms with van der Waals surface area (Å²) in [5.74, 6) is 0.463. The largest absolute Gasteiger partial charge is 0.495 e. The highest BCUT2D eigenvalue weighted by molar-refractivity contribution is 5.85. The van der Waals surface area contributed by atoms with Crippen LogP contribution in [0.15, 0.2) is 18.2 Å². The van der Waals surface area contributed by atoms with E-state index in [9.17, 15) is 4.79 Å². The number of carbonyl (C=O) groups excluding carboxylic acids is 1. The van der Waals surface area contributed by atoms with Crippen molar-refractivity contribution in [2.45, 2.75) is 32.7 Å². The molecule has 2 N–H and O–H groups in total. The van der Waals surface area contributed by atoms with Gasteiger partial charge in [0.15, 0.2) is 0 Å². The Hall–Kier alpha value is -2.22. The van der Waals surface area contributed by atoms with Gasteiger partial charge in [0.25, 0.3) is 0 Å². The molecule has 20 heavy (non-hydrogen) atoms. The number of unbranched alkanes of at least 4 members (excludes halogenated alkanes) is 1. The fraction of sp³-hybridized carbons (Fsp3) is 0.467. The lowest BCUT2D eigenvalue weighted by Gasteiger charge is -2.18. The molecule has 0 aliphatic heterocycles. The van der Waals surface area contributed by atoms with Gasteiger partial charge in [-0.05, 0) is 25.5 Å². The van der Waals surface area contributed by atoms with Crippen molar-refractivity contribution in [2.75, 3.05) is 19.0 Å². The molecule has 0 bridgehead atoms. The third-order valence-electron chi connectivity index (χ3n) is 2.95. The number of para-hydroxylation sites is 1. The first kappa shape index (κ1) is 15.8. The number of amides is 1. The van der Waals surface area contributed by atoms with Crippen LogP contribution < -0.4 is 15.4 Å². The average Bonchev–Trinajstić information content (AvgIpc) is 2.47. The molecule has 0 aliphatic carbocycles. The first-order valence-corrected chi connectivity index (χ1v) is 6.75. The molecule has 108 valence electrons. The van der Waals surface area contributed by atoms with Gasteiger partial charge in [-0.15, -0.1) is 0 Å². The van der Waals surface area contributed by atoms with Crippen LogP contribution in [0.5, 0.6) is 5.75 Å². The van der Waals surface area contributed by atoms with Crippen LogP contribution >= 0.6 is 0 Å². The molecule has 1 aromatic carbocycles. The van der Waals surface area contributed by atoms with E-state index in [0.717, 1.165) is 12.8 Å². The standard InChI is InChI=1S/C15H21N3O2/c1-4-5-9-17-15(19)11(2)18-14-12(10-16)7-6-8-13(14)20-3/h6-8,11,18H,4-5,9H2,1-3H3,(H,17,19). The Balaban J connectivity index is 2.77. The van der Waals surface area contributed by atoms with Crippen LogP contribution in [-0.2, 0) is 4.79 Å². The van der Waals surface area contributed by atoms with Crippen molar-refractivity contribution in [1.29, 1.82) is 5.26 Å². The summed E-state index contributed by atoms with van der Waals surface area (Å²) >= 11 is 0. The summed E-state index contributed by atoms with van der Waals surface area (Å²) in [7, 11) is 1.54. The molecule has 0 fully saturated rings. The van der Waals surface area contributed by atoms with Crippen molar-refractivity contribution in [1.82, 2.24) is 5.32 Å². The van der Waals surface area contributed by atoms with Crippen LogP contribution in [0.4, 0.5) is 5.69 Å². The molecule has 5 nitrogen and oxygen atoms in total. The second kappa shape index (κ2) is 8.05. The number of hydrogen-bond donors (Lipinski definition) is 2. The lowest BCUT2D eigenvalue weighted by Crippen LogP contribution is -2.38. The fourth-order valence-electron chi connectivity index (χ4n) is 1.77. The summed E-state index contributed by atoms with van der Waals surface area (Å²) in [4.78, 5) is 11.9. The van der Waals surface area contributed by atoms with Crippen molar-refractivity contribution < 1.29 is 9.53 Å². The second-order valence-electron chi connectivity index (χ2n) is 4.51. The third kappa shape index (κ3) is 4.16. The third-order valence-corrected chi connectivity index (χ3v) is 2.95. The maximum absolute atomic E-state index is 11.9. The molecule has 0 aliphatic rings. The number of nitriles is 1. The highest BCUT2D eigenvalue weighted by Crippen LogP contribution is 2.28. The lowest BCUT2D eigenvalue weighted by molar-refractivity contribution is -0.121. The fourth-order valence-corrected chi connectivity index (χ4v) is 1.77. The van der Waals surface area contributed by atoms with E-state index in [2.05, 4.69) is 23.6 Å². The Kier molecular flexibility index (Phi) is 6.38. The smallest absolute Gasteiger partial charge is 0.242 e. The number of methoxy groups -OCH3 is 1. The monoisotopic (exact) mass is 275 g/mol. The number of nitrogens with zero attached hydrogens (tertiary/aromatic N) is 1. The minimum Gasteiger partial charge on any atom is -0.495 e. The van der Waals surface area contributed by atoms with Crippen molar-refractivity contribution in [3.63, 3.8) is 0 Å². The number of anilines is 1. The normalized spacial score (nSPS) is 11.3. The summed E-state index contributed by atoms with van der Waals surface area (Å²) in [5, 5.41) is 15.0.